The summed E-state index contributed by atoms with van der Waals surface area (Å²) in [5.41, 5.74) is 2.74. The van der Waals surface area contributed by atoms with Crippen LogP contribution in [0.1, 0.15) is 40.2 Å². The second-order valence-electron chi connectivity index (χ2n) is 7.89. The van der Waals surface area contributed by atoms with Gasteiger partial charge in [-0.25, -0.2) is 9.37 Å². The Morgan fingerprint density at radius 2 is 1.48 bits per heavy atom. The van der Waals surface area contributed by atoms with Gasteiger partial charge in [-0.1, -0.05) is 72.8 Å². The average Bonchev–Trinajstić information content (AvgIpc) is 2.80. The average molecular weight is 442 g/mol. The number of amides is 1. The van der Waals surface area contributed by atoms with Crippen LogP contribution in [0.3, 0.4) is 0 Å². The van der Waals surface area contributed by atoms with Gasteiger partial charge in [-0.15, -0.1) is 0 Å². The van der Waals surface area contributed by atoms with Crippen LogP contribution in [0.25, 0.3) is 0 Å². The molecule has 0 radical (unpaired) electrons. The highest BCUT2D eigenvalue weighted by molar-refractivity contribution is 5.87. The summed E-state index contributed by atoms with van der Waals surface area (Å²) in [6.07, 6.45) is 0.290. The van der Waals surface area contributed by atoms with Crippen molar-refractivity contribution in [2.75, 3.05) is 0 Å². The van der Waals surface area contributed by atoms with E-state index < -0.39 is 12.0 Å². The monoisotopic (exact) mass is 441 g/mol. The van der Waals surface area contributed by atoms with Gasteiger partial charge in [0.2, 0.25) is 5.91 Å². The van der Waals surface area contributed by atoms with Gasteiger partial charge >= 0.3 is 0 Å². The van der Waals surface area contributed by atoms with Crippen LogP contribution in [0.15, 0.2) is 95.8 Å². The topological polar surface area (TPSA) is 74.8 Å². The zero-order valence-electron chi connectivity index (χ0n) is 18.2. The molecule has 6 heteroatoms. The van der Waals surface area contributed by atoms with Crippen molar-refractivity contribution in [2.24, 2.45) is 0 Å². The number of aryl methyl sites for hydroxylation is 1. The lowest BCUT2D eigenvalue weighted by Crippen LogP contribution is -2.35. The van der Waals surface area contributed by atoms with E-state index in [2.05, 4.69) is 15.3 Å². The molecule has 1 amide bonds. The van der Waals surface area contributed by atoms with Gasteiger partial charge in [0, 0.05) is 12.5 Å². The van der Waals surface area contributed by atoms with Crippen molar-refractivity contribution in [3.05, 3.63) is 135 Å². The van der Waals surface area contributed by atoms with Gasteiger partial charge in [0.15, 0.2) is 0 Å². The van der Waals surface area contributed by atoms with Crippen LogP contribution < -0.4 is 10.9 Å². The number of H-pyrrole nitrogens is 1. The SMILES string of the molecule is Cc1nc(C[C@@H](NC(=O)C(c2ccccc2)c2ccccc2)c2ccc(F)cc2)cc(=O)[nH]1. The van der Waals surface area contributed by atoms with E-state index in [1.165, 1.54) is 18.2 Å². The predicted octanol–water partition coefficient (Wildman–Crippen LogP) is 4.45. The molecule has 0 bridgehead atoms. The van der Waals surface area contributed by atoms with E-state index in [1.807, 2.05) is 60.7 Å². The van der Waals surface area contributed by atoms with E-state index in [1.54, 1.807) is 19.1 Å². The third-order valence-corrected chi connectivity index (χ3v) is 5.44. The van der Waals surface area contributed by atoms with Crippen LogP contribution in [0, 0.1) is 12.7 Å². The molecule has 3 aromatic carbocycles. The predicted molar refractivity (Wildman–Crippen MR) is 125 cm³/mol. The maximum atomic E-state index is 13.6. The van der Waals surface area contributed by atoms with Gasteiger partial charge in [-0.3, -0.25) is 9.59 Å². The smallest absolute Gasteiger partial charge is 0.251 e. The number of hydrogen-bond acceptors (Lipinski definition) is 3. The standard InChI is InChI=1S/C27H24FN3O2/c1-18-29-23(17-25(32)30-18)16-24(19-12-14-22(28)15-13-19)31-27(33)26(20-8-4-2-5-9-20)21-10-6-3-7-11-21/h2-15,17,24,26H,16H2,1H3,(H,31,33)(H,29,30,32)/t24-/m1/s1. The molecule has 0 aliphatic carbocycles. The van der Waals surface area contributed by atoms with Crippen LogP contribution >= 0.6 is 0 Å². The molecule has 0 spiro atoms. The first kappa shape index (κ1) is 22.1. The molecule has 0 aliphatic rings. The fourth-order valence-electron chi connectivity index (χ4n) is 3.94. The number of halogens is 1. The van der Waals surface area contributed by atoms with E-state index >= 15 is 0 Å². The van der Waals surface area contributed by atoms with Gasteiger partial charge in [-0.05, 0) is 35.7 Å². The minimum absolute atomic E-state index is 0.191. The minimum Gasteiger partial charge on any atom is -0.348 e. The summed E-state index contributed by atoms with van der Waals surface area (Å²) in [7, 11) is 0. The Labute approximate surface area is 191 Å². The second kappa shape index (κ2) is 10.0. The van der Waals surface area contributed by atoms with Gasteiger partial charge < -0.3 is 10.3 Å². The van der Waals surface area contributed by atoms with Crippen molar-refractivity contribution in [3.63, 3.8) is 0 Å². The molecule has 0 saturated heterocycles. The summed E-state index contributed by atoms with van der Waals surface area (Å²) in [4.78, 5) is 32.6. The Balaban J connectivity index is 1.69. The fraction of sp³-hybridized carbons (Fsp3) is 0.148. The van der Waals surface area contributed by atoms with Crippen molar-refractivity contribution < 1.29 is 9.18 Å². The molecule has 166 valence electrons. The van der Waals surface area contributed by atoms with E-state index in [-0.39, 0.29) is 17.3 Å². The molecular formula is C27H24FN3O2. The Hall–Kier alpha value is -4.06. The van der Waals surface area contributed by atoms with E-state index in [9.17, 15) is 14.0 Å². The second-order valence-corrected chi connectivity index (χ2v) is 7.89. The van der Waals surface area contributed by atoms with Crippen molar-refractivity contribution in [1.82, 2.24) is 15.3 Å². The molecule has 5 nitrogen and oxygen atoms in total. The van der Waals surface area contributed by atoms with Crippen LogP contribution in [0.4, 0.5) is 4.39 Å². The van der Waals surface area contributed by atoms with Gasteiger partial charge in [-0.2, -0.15) is 0 Å². The van der Waals surface area contributed by atoms with Gasteiger partial charge in [0.25, 0.3) is 5.56 Å². The molecular weight excluding hydrogens is 417 g/mol. The highest BCUT2D eigenvalue weighted by Crippen LogP contribution is 2.27. The van der Waals surface area contributed by atoms with Crippen molar-refractivity contribution in [1.29, 1.82) is 0 Å². The summed E-state index contributed by atoms with van der Waals surface area (Å²) in [5, 5.41) is 3.12. The molecule has 33 heavy (non-hydrogen) atoms. The van der Waals surface area contributed by atoms with Crippen LogP contribution in [-0.2, 0) is 11.2 Å². The number of aromatic nitrogens is 2. The summed E-state index contributed by atoms with van der Waals surface area (Å²) in [6.45, 7) is 1.71. The summed E-state index contributed by atoms with van der Waals surface area (Å²) in [6, 6.07) is 26.0. The molecule has 0 saturated carbocycles. The lowest BCUT2D eigenvalue weighted by atomic mass is 9.89. The number of nitrogens with one attached hydrogen (secondary N) is 2. The number of rotatable bonds is 7. The normalized spacial score (nSPS) is 11.8. The van der Waals surface area contributed by atoms with Crippen molar-refractivity contribution >= 4 is 5.91 Å². The zero-order chi connectivity index (χ0) is 23.2. The Morgan fingerprint density at radius 3 is 2.03 bits per heavy atom. The maximum absolute atomic E-state index is 13.6. The molecule has 1 aromatic heterocycles. The number of benzene rings is 3. The molecule has 1 atom stereocenters. The lowest BCUT2D eigenvalue weighted by molar-refractivity contribution is -0.122. The first-order chi connectivity index (χ1) is 16.0. The molecule has 2 N–H and O–H groups in total. The van der Waals surface area contributed by atoms with Crippen LogP contribution in [0.2, 0.25) is 0 Å². The van der Waals surface area contributed by atoms with E-state index in [4.69, 9.17) is 0 Å². The number of aromatic amines is 1. The highest BCUT2D eigenvalue weighted by Gasteiger charge is 2.26. The first-order valence-corrected chi connectivity index (χ1v) is 10.7. The minimum atomic E-state index is -0.524. The number of nitrogens with zero attached hydrogens (tertiary/aromatic N) is 1. The van der Waals surface area contributed by atoms with Gasteiger partial charge in [0.05, 0.1) is 17.7 Å². The summed E-state index contributed by atoms with van der Waals surface area (Å²) in [5.74, 6) is -0.582. The number of hydrogen-bond donors (Lipinski definition) is 2. The largest absolute Gasteiger partial charge is 0.348 e. The van der Waals surface area contributed by atoms with Gasteiger partial charge in [0.1, 0.15) is 11.6 Å². The lowest BCUT2D eigenvalue weighted by Gasteiger charge is -2.24. The molecule has 0 unspecified atom stereocenters. The third kappa shape index (κ3) is 5.60. The number of carbonyl (C=O) groups excluding carboxylic acids is 1. The third-order valence-electron chi connectivity index (χ3n) is 5.44. The van der Waals surface area contributed by atoms with Crippen LogP contribution in [-0.4, -0.2) is 15.9 Å². The molecule has 4 aromatic rings. The molecule has 4 rings (SSSR count). The van der Waals surface area contributed by atoms with Crippen molar-refractivity contribution in [2.45, 2.75) is 25.3 Å². The first-order valence-electron chi connectivity index (χ1n) is 10.7. The Morgan fingerprint density at radius 1 is 0.909 bits per heavy atom. The Kier molecular flexibility index (Phi) is 6.74. The van der Waals surface area contributed by atoms with Crippen molar-refractivity contribution in [3.8, 4) is 0 Å². The molecule has 0 aliphatic heterocycles. The fourth-order valence-corrected chi connectivity index (χ4v) is 3.94. The molecule has 1 heterocycles. The Bertz CT molecular complexity index is 1230. The van der Waals surface area contributed by atoms with E-state index in [0.29, 0.717) is 17.9 Å². The van der Waals surface area contributed by atoms with Crippen LogP contribution in [0.5, 0.6) is 0 Å². The zero-order valence-corrected chi connectivity index (χ0v) is 18.2. The summed E-state index contributed by atoms with van der Waals surface area (Å²) < 4.78 is 13.6. The maximum Gasteiger partial charge on any atom is 0.251 e. The summed E-state index contributed by atoms with van der Waals surface area (Å²) >= 11 is 0. The quantitative estimate of drug-likeness (QED) is 0.445. The highest BCUT2D eigenvalue weighted by atomic mass is 19.1. The van der Waals surface area contributed by atoms with E-state index in [0.717, 1.165) is 16.7 Å². The molecule has 0 fully saturated rings. The number of carbonyl (C=O) groups is 1.